The highest BCUT2D eigenvalue weighted by Crippen LogP contribution is 2.59. The van der Waals surface area contributed by atoms with Crippen molar-refractivity contribution in [3.63, 3.8) is 0 Å². The van der Waals surface area contributed by atoms with Crippen LogP contribution in [0.4, 0.5) is 30.7 Å². The maximum Gasteiger partial charge on any atom is 0.409 e. The molecule has 1 aromatic carbocycles. The number of carbonyl (C=O) groups excluding carboxylic acids is 1. The molecular formula is C17H15F7O2. The van der Waals surface area contributed by atoms with Gasteiger partial charge in [-0.05, 0) is 18.3 Å². The van der Waals surface area contributed by atoms with Crippen molar-refractivity contribution < 1.29 is 40.3 Å². The number of benzene rings is 1. The number of halogens is 7. The quantitative estimate of drug-likeness (QED) is 0.317. The minimum absolute atomic E-state index is 0.00322. The van der Waals surface area contributed by atoms with Gasteiger partial charge in [-0.2, -0.15) is 13.2 Å². The zero-order valence-corrected chi connectivity index (χ0v) is 14.0. The highest BCUT2D eigenvalue weighted by atomic mass is 19.4. The third-order valence-electron chi connectivity index (χ3n) is 4.59. The Morgan fingerprint density at radius 2 is 1.58 bits per heavy atom. The summed E-state index contributed by atoms with van der Waals surface area (Å²) in [5, 5.41) is 0. The third-order valence-corrected chi connectivity index (χ3v) is 4.59. The molecule has 0 aromatic heterocycles. The first-order chi connectivity index (χ1) is 11.8. The van der Waals surface area contributed by atoms with Crippen molar-refractivity contribution in [3.05, 3.63) is 46.5 Å². The van der Waals surface area contributed by atoms with Gasteiger partial charge in [0.15, 0.2) is 23.3 Å². The molecule has 2 atom stereocenters. The van der Waals surface area contributed by atoms with Crippen molar-refractivity contribution in [3.8, 4) is 0 Å². The summed E-state index contributed by atoms with van der Waals surface area (Å²) >= 11 is 0. The van der Waals surface area contributed by atoms with Crippen molar-refractivity contribution >= 4 is 5.97 Å². The molecule has 2 unspecified atom stereocenters. The number of hydrogen-bond acceptors (Lipinski definition) is 2. The second kappa shape index (κ2) is 6.59. The molecule has 2 nitrogen and oxygen atoms in total. The van der Waals surface area contributed by atoms with Crippen molar-refractivity contribution in [2.45, 2.75) is 33.6 Å². The van der Waals surface area contributed by atoms with Crippen molar-refractivity contribution in [2.24, 2.45) is 17.3 Å². The first-order valence-electron chi connectivity index (χ1n) is 7.53. The Bertz CT molecular complexity index is 736. The Kier molecular flexibility index (Phi) is 5.13. The van der Waals surface area contributed by atoms with Gasteiger partial charge in [0, 0.05) is 11.6 Å². The van der Waals surface area contributed by atoms with Gasteiger partial charge in [0.1, 0.15) is 6.61 Å². The molecular weight excluding hydrogens is 369 g/mol. The number of ether oxygens (including phenoxy) is 1. The maximum absolute atomic E-state index is 13.7. The fourth-order valence-electron chi connectivity index (χ4n) is 2.85. The SMILES string of the molecule is Cc1c(F)c(F)c(COC(=O)C2C(/C=C/C(F)(F)F)C2(C)C)c(F)c1F. The van der Waals surface area contributed by atoms with Crippen molar-refractivity contribution in [1.29, 1.82) is 0 Å². The van der Waals surface area contributed by atoms with E-state index in [9.17, 15) is 35.5 Å². The first kappa shape index (κ1) is 20.3. The van der Waals surface area contributed by atoms with Crippen LogP contribution in [0.25, 0.3) is 0 Å². The highest BCUT2D eigenvalue weighted by molar-refractivity contribution is 5.78. The maximum atomic E-state index is 13.7. The fraction of sp³-hybridized carbons (Fsp3) is 0.471. The Labute approximate surface area is 144 Å². The van der Waals surface area contributed by atoms with Gasteiger partial charge in [-0.3, -0.25) is 4.79 Å². The molecule has 0 amide bonds. The number of carbonyl (C=O) groups is 1. The lowest BCUT2D eigenvalue weighted by Crippen LogP contribution is -2.14. The van der Waals surface area contributed by atoms with Crippen LogP contribution in [0.5, 0.6) is 0 Å². The van der Waals surface area contributed by atoms with Gasteiger partial charge >= 0.3 is 12.1 Å². The number of alkyl halides is 3. The highest BCUT2D eigenvalue weighted by Gasteiger charge is 2.61. The molecule has 1 aliphatic rings. The zero-order valence-electron chi connectivity index (χ0n) is 14.0. The molecule has 1 fully saturated rings. The molecule has 1 aromatic rings. The van der Waals surface area contributed by atoms with Gasteiger partial charge in [-0.25, -0.2) is 17.6 Å². The Hall–Kier alpha value is -2.06. The first-order valence-corrected chi connectivity index (χ1v) is 7.53. The minimum atomic E-state index is -4.55. The summed E-state index contributed by atoms with van der Waals surface area (Å²) in [6.45, 7) is 2.82. The Morgan fingerprint density at radius 1 is 1.08 bits per heavy atom. The fourth-order valence-corrected chi connectivity index (χ4v) is 2.85. The summed E-state index contributed by atoms with van der Waals surface area (Å²) in [6.07, 6.45) is -3.73. The van der Waals surface area contributed by atoms with Gasteiger partial charge in [-0.1, -0.05) is 19.9 Å². The van der Waals surface area contributed by atoms with E-state index >= 15 is 0 Å². The third kappa shape index (κ3) is 3.71. The van der Waals surface area contributed by atoms with E-state index in [-0.39, 0.29) is 6.08 Å². The van der Waals surface area contributed by atoms with E-state index in [1.165, 1.54) is 13.8 Å². The van der Waals surface area contributed by atoms with Crippen LogP contribution in [0, 0.1) is 47.4 Å². The molecule has 144 valence electrons. The van der Waals surface area contributed by atoms with Crippen LogP contribution in [0.3, 0.4) is 0 Å². The van der Waals surface area contributed by atoms with Gasteiger partial charge in [0.2, 0.25) is 0 Å². The van der Waals surface area contributed by atoms with E-state index in [1.54, 1.807) is 0 Å². The molecule has 0 N–H and O–H groups in total. The number of allylic oxidation sites excluding steroid dienone is 2. The monoisotopic (exact) mass is 384 g/mol. The Morgan fingerprint density at radius 3 is 2.04 bits per heavy atom. The molecule has 2 rings (SSSR count). The van der Waals surface area contributed by atoms with Crippen LogP contribution in [0.15, 0.2) is 12.2 Å². The van der Waals surface area contributed by atoms with Crippen LogP contribution < -0.4 is 0 Å². The second-order valence-corrected chi connectivity index (χ2v) is 6.69. The molecule has 26 heavy (non-hydrogen) atoms. The second-order valence-electron chi connectivity index (χ2n) is 6.69. The van der Waals surface area contributed by atoms with Crippen LogP contribution >= 0.6 is 0 Å². The lowest BCUT2D eigenvalue weighted by atomic mass is 10.1. The van der Waals surface area contributed by atoms with E-state index in [1.807, 2.05) is 0 Å². The van der Waals surface area contributed by atoms with Crippen LogP contribution in [0.2, 0.25) is 0 Å². The molecule has 0 radical (unpaired) electrons. The smallest absolute Gasteiger partial charge is 0.409 e. The summed E-state index contributed by atoms with van der Waals surface area (Å²) < 4.78 is 95.9. The van der Waals surface area contributed by atoms with E-state index in [2.05, 4.69) is 0 Å². The predicted octanol–water partition coefficient (Wildman–Crippen LogP) is 4.99. The lowest BCUT2D eigenvalue weighted by Gasteiger charge is -2.10. The van der Waals surface area contributed by atoms with Gasteiger partial charge in [0.25, 0.3) is 0 Å². The van der Waals surface area contributed by atoms with Gasteiger partial charge < -0.3 is 4.74 Å². The van der Waals surface area contributed by atoms with E-state index < -0.39 is 70.4 Å². The van der Waals surface area contributed by atoms with Crippen LogP contribution in [0.1, 0.15) is 25.0 Å². The summed E-state index contributed by atoms with van der Waals surface area (Å²) in [5.41, 5.74) is -2.80. The lowest BCUT2D eigenvalue weighted by molar-refractivity contribution is -0.147. The topological polar surface area (TPSA) is 26.3 Å². The van der Waals surface area contributed by atoms with E-state index in [4.69, 9.17) is 4.74 Å². The van der Waals surface area contributed by atoms with Crippen molar-refractivity contribution in [1.82, 2.24) is 0 Å². The van der Waals surface area contributed by atoms with Gasteiger partial charge in [-0.15, -0.1) is 0 Å². The number of esters is 1. The molecule has 0 saturated heterocycles. The Balaban J connectivity index is 2.12. The molecule has 1 aliphatic carbocycles. The zero-order chi connectivity index (χ0) is 20.0. The molecule has 0 bridgehead atoms. The molecule has 9 heteroatoms. The molecule has 1 saturated carbocycles. The van der Waals surface area contributed by atoms with E-state index in [0.717, 1.165) is 13.0 Å². The summed E-state index contributed by atoms with van der Waals surface area (Å²) in [7, 11) is 0. The molecule has 0 spiro atoms. The number of hydrogen-bond donors (Lipinski definition) is 0. The molecule has 0 aliphatic heterocycles. The average molecular weight is 384 g/mol. The largest absolute Gasteiger partial charge is 0.460 e. The van der Waals surface area contributed by atoms with E-state index in [0.29, 0.717) is 0 Å². The van der Waals surface area contributed by atoms with Crippen molar-refractivity contribution in [2.75, 3.05) is 0 Å². The number of rotatable bonds is 4. The summed E-state index contributed by atoms with van der Waals surface area (Å²) in [5.74, 6) is -9.33. The predicted molar refractivity (Wildman–Crippen MR) is 76.8 cm³/mol. The summed E-state index contributed by atoms with van der Waals surface area (Å²) in [6, 6.07) is 0. The molecule has 0 heterocycles. The van der Waals surface area contributed by atoms with Crippen LogP contribution in [-0.4, -0.2) is 12.1 Å². The normalized spacial score (nSPS) is 21.9. The summed E-state index contributed by atoms with van der Waals surface area (Å²) in [4.78, 5) is 12.0. The average Bonchev–Trinajstić information content (AvgIpc) is 3.09. The van der Waals surface area contributed by atoms with Gasteiger partial charge in [0.05, 0.1) is 11.5 Å². The standard InChI is InChI=1S/C17H15F7O2/c1-7-11(18)13(20)8(14(21)12(7)19)6-26-15(25)10-9(16(10,2)3)4-5-17(22,23)24/h4-5,9-10H,6H2,1-3H3/b5-4+. The minimum Gasteiger partial charge on any atom is -0.460 e. The van der Waals surface area contributed by atoms with Crippen LogP contribution in [-0.2, 0) is 16.1 Å².